The van der Waals surface area contributed by atoms with Crippen molar-refractivity contribution in [3.05, 3.63) is 45.5 Å². The molecule has 16 atom stereocenters. The molecule has 0 amide bonds. The second-order valence-electron chi connectivity index (χ2n) is 16.6. The van der Waals surface area contributed by atoms with E-state index in [1.54, 1.807) is 0 Å². The van der Waals surface area contributed by atoms with Gasteiger partial charge in [0, 0.05) is 7.11 Å². The first-order chi connectivity index (χ1) is 35.2. The average molecular weight is 1150 g/mol. The van der Waals surface area contributed by atoms with Crippen molar-refractivity contribution in [3.63, 3.8) is 0 Å². The Morgan fingerprint density at radius 3 is 1.95 bits per heavy atom. The normalized spacial score (nSPS) is 30.5. The Labute approximate surface area is 414 Å². The molecule has 0 saturated carbocycles. The van der Waals surface area contributed by atoms with Crippen molar-refractivity contribution in [1.29, 1.82) is 0 Å². The van der Waals surface area contributed by atoms with Crippen molar-refractivity contribution in [3.8, 4) is 0 Å². The molecule has 0 spiro atoms. The molecule has 3 aliphatic rings. The molecule has 0 aliphatic carbocycles. The van der Waals surface area contributed by atoms with Crippen LogP contribution in [0.1, 0.15) is 24.5 Å². The summed E-state index contributed by atoms with van der Waals surface area (Å²) in [7, 11) is -20.9. The second-order valence-corrected chi connectivity index (χ2v) is 22.6. The van der Waals surface area contributed by atoms with Crippen LogP contribution in [0, 0.1) is 6.92 Å². The maximum Gasteiger partial charge on any atom is 0.490 e. The minimum Gasteiger partial charge on any atom is -0.387 e. The Morgan fingerprint density at radius 1 is 0.693 bits per heavy atom. The molecule has 410 valence electrons. The van der Waals surface area contributed by atoms with Crippen LogP contribution >= 0.6 is 31.3 Å². The van der Waals surface area contributed by atoms with E-state index in [-0.39, 0.29) is 51.1 Å². The number of aliphatic hydroxyl groups is 4. The quantitative estimate of drug-likeness (QED) is 0.0268. The summed E-state index contributed by atoms with van der Waals surface area (Å²) >= 11 is 0. The molecule has 6 aromatic heterocycles. The number of imidazole rings is 2. The first kappa shape index (κ1) is 54.8. The van der Waals surface area contributed by atoms with Gasteiger partial charge in [0.2, 0.25) is 18.5 Å². The number of aromatic nitrogens is 13. The Bertz CT molecular complexity index is 3470. The summed E-state index contributed by atoms with van der Waals surface area (Å²) in [6.45, 7) is -1.95. The Hall–Kier alpha value is -5.02. The number of anilines is 2. The molecule has 3 fully saturated rings. The van der Waals surface area contributed by atoms with Crippen LogP contribution in [0.4, 0.5) is 11.8 Å². The van der Waals surface area contributed by atoms with Gasteiger partial charge in [-0.1, -0.05) is 5.21 Å². The van der Waals surface area contributed by atoms with Crippen LogP contribution in [-0.2, 0) is 71.0 Å². The van der Waals surface area contributed by atoms with E-state index in [4.69, 9.17) is 44.0 Å². The number of hydrogen-bond acceptors (Lipinski definition) is 29. The van der Waals surface area contributed by atoms with Crippen molar-refractivity contribution in [2.45, 2.75) is 80.5 Å². The van der Waals surface area contributed by atoms with Crippen molar-refractivity contribution >= 4 is 76.5 Å². The number of aliphatic hydroxyl groups excluding tert-OH is 4. The van der Waals surface area contributed by atoms with Crippen molar-refractivity contribution in [1.82, 2.24) is 59.0 Å². The third-order valence-electron chi connectivity index (χ3n) is 11.5. The number of nitrogens with one attached hydrogen (secondary N) is 2. The summed E-state index contributed by atoms with van der Waals surface area (Å²) in [6.07, 6.45) is -16.9. The lowest BCUT2D eigenvalue weighted by Crippen LogP contribution is -2.38. The molecule has 3 saturated heterocycles. The fourth-order valence-electron chi connectivity index (χ4n) is 8.25. The number of rotatable bonds is 19. The van der Waals surface area contributed by atoms with Gasteiger partial charge in [-0.2, -0.15) is 22.9 Å². The monoisotopic (exact) mass is 1150 g/mol. The lowest BCUT2D eigenvalue weighted by atomic mass is 10.1. The largest absolute Gasteiger partial charge is 0.490 e. The van der Waals surface area contributed by atoms with Gasteiger partial charge in [-0.25, -0.2) is 42.8 Å². The van der Waals surface area contributed by atoms with Gasteiger partial charge in [0.1, 0.15) is 72.6 Å². The predicted molar refractivity (Wildman–Crippen MR) is 237 cm³/mol. The van der Waals surface area contributed by atoms with Gasteiger partial charge in [0.15, 0.2) is 35.1 Å². The van der Waals surface area contributed by atoms with Gasteiger partial charge in [-0.15, -0.1) is 5.10 Å². The fourth-order valence-corrected chi connectivity index (χ4v) is 12.7. The molecule has 0 aromatic carbocycles. The highest BCUT2D eigenvalue weighted by Gasteiger charge is 2.54. The maximum atomic E-state index is 13.7. The number of aromatic amines is 2. The zero-order valence-electron chi connectivity index (χ0n) is 38.3. The summed E-state index contributed by atoms with van der Waals surface area (Å²) in [5.74, 6) is -0.254. The van der Waals surface area contributed by atoms with Gasteiger partial charge < -0.3 is 75.4 Å². The number of hydrogen-bond donors (Lipinski definition) is 12. The molecule has 39 nitrogen and oxygen atoms in total. The van der Waals surface area contributed by atoms with E-state index >= 15 is 0 Å². The van der Waals surface area contributed by atoms with E-state index in [1.165, 1.54) is 29.4 Å². The molecule has 3 aliphatic heterocycles. The highest BCUT2D eigenvalue weighted by atomic mass is 31.3. The number of aryl methyl sites for hydroxylation is 2. The Balaban J connectivity index is 0.862. The second kappa shape index (κ2) is 20.4. The molecule has 9 rings (SSSR count). The minimum atomic E-state index is -6.20. The highest BCUT2D eigenvalue weighted by Crippen LogP contribution is 2.68. The molecule has 0 bridgehead atoms. The Morgan fingerprint density at radius 2 is 1.29 bits per heavy atom. The zero-order valence-corrected chi connectivity index (χ0v) is 41.8. The minimum absolute atomic E-state index is 0.00787. The van der Waals surface area contributed by atoms with E-state index < -0.39 is 136 Å². The number of ether oxygens (including phenoxy) is 4. The number of phosphoric ester groups is 3. The third-order valence-corrected chi connectivity index (χ3v) is 16.8. The fraction of sp³-hybridized carbons (Fsp3) is 0.562. The van der Waals surface area contributed by atoms with Crippen LogP contribution in [-0.4, -0.2) is 181 Å². The molecule has 9 heterocycles. The van der Waals surface area contributed by atoms with Crippen molar-refractivity contribution in [2.24, 2.45) is 7.05 Å². The number of phosphoric acid groups is 4. The van der Waals surface area contributed by atoms with Gasteiger partial charge in [0.05, 0.1) is 33.2 Å². The summed E-state index contributed by atoms with van der Waals surface area (Å²) in [4.78, 5) is 92.1. The predicted octanol–water partition coefficient (Wildman–Crippen LogP) is -4.59. The average Bonchev–Trinajstić information content (AvgIpc) is 4.17. The molecular formula is C32H44N15O24P4+. The molecule has 14 N–H and O–H groups in total. The van der Waals surface area contributed by atoms with E-state index in [0.29, 0.717) is 0 Å². The van der Waals surface area contributed by atoms with Gasteiger partial charge in [-0.05, 0) is 6.92 Å². The summed E-state index contributed by atoms with van der Waals surface area (Å²) < 4.78 is 109. The lowest BCUT2D eigenvalue weighted by Gasteiger charge is -2.26. The van der Waals surface area contributed by atoms with Gasteiger partial charge in [-0.3, -0.25) is 37.2 Å². The van der Waals surface area contributed by atoms with E-state index in [2.05, 4.69) is 58.3 Å². The topological polar surface area (TPSA) is 549 Å². The lowest BCUT2D eigenvalue weighted by molar-refractivity contribution is -0.646. The molecule has 43 heteroatoms. The molecule has 75 heavy (non-hydrogen) atoms. The van der Waals surface area contributed by atoms with Gasteiger partial charge >= 0.3 is 36.9 Å². The smallest absolute Gasteiger partial charge is 0.387 e. The number of H-pyrrole nitrogens is 2. The first-order valence-corrected chi connectivity index (χ1v) is 27.2. The van der Waals surface area contributed by atoms with E-state index in [9.17, 15) is 67.8 Å². The van der Waals surface area contributed by atoms with Crippen LogP contribution in [0.3, 0.4) is 0 Å². The standard InChI is InChI=1S/C32H43N15O24P4/c1-10-38-25-15(27(52)39-10)42-43-47(25)30-20(51)18(49)12(67-30)4-63-72(54,55)69-21-13(68-31(22(21)62-3)45-8-37-14-23(33)35-7-36-24(14)45)6-65-74(58,59)71-75(60,61)70-73(56,57)64-5-11-17(48)19(50)29(66-11)46-9-44(2)16-26(46)40-32(34)41-28(16)53/h7-9,11-13,17-22,29-31,48-51H,4-6H2,1-3H3,(H9-,33,34,35,36,38,39,40,41,43,52,53,54,55,56,57,58,59,60,61)/p+1/t11-,12-,13-,17+,18?,19?,20+,21?,22+,29-,30-,31-/m1/s1. The van der Waals surface area contributed by atoms with Crippen LogP contribution in [0.2, 0.25) is 0 Å². The molecule has 0 radical (unpaired) electrons. The first-order valence-electron chi connectivity index (χ1n) is 21.2. The van der Waals surface area contributed by atoms with Crippen molar-refractivity contribution in [2.75, 3.05) is 38.4 Å². The highest BCUT2D eigenvalue weighted by molar-refractivity contribution is 7.66. The summed E-state index contributed by atoms with van der Waals surface area (Å²) in [6, 6.07) is 0. The SMILES string of the molecule is CO[C@H]1C(OP(=O)(O)OC[C@H]2O[C@@H](n3nnc4c(=O)[nH]c(C)nc43)[C@@H](O)C2O)[C@@H](COP(=O)(O)OP(=O)(O)OP(=O)(O)OC[C@H]2O[C@@H](n3c[n+](C)c4c(=O)[nH]c(N)nc43)C(O)[C@H]2O)O[C@H]1n1cnc2c(N)ncnc21. The van der Waals surface area contributed by atoms with E-state index in [0.717, 1.165) is 29.0 Å². The van der Waals surface area contributed by atoms with Crippen LogP contribution in [0.25, 0.3) is 33.5 Å². The molecule has 6 aromatic rings. The molecular weight excluding hydrogens is 1100 g/mol. The van der Waals surface area contributed by atoms with Crippen LogP contribution < -0.4 is 27.2 Å². The van der Waals surface area contributed by atoms with E-state index in [1.807, 2.05) is 0 Å². The van der Waals surface area contributed by atoms with Crippen molar-refractivity contribution < 1.29 is 108 Å². The summed E-state index contributed by atoms with van der Waals surface area (Å²) in [5, 5.41) is 50.7. The van der Waals surface area contributed by atoms with Gasteiger partial charge in [0.25, 0.3) is 16.7 Å². The van der Waals surface area contributed by atoms with Crippen LogP contribution in [0.5, 0.6) is 0 Å². The van der Waals surface area contributed by atoms with Crippen LogP contribution in [0.15, 0.2) is 28.6 Å². The number of nitrogens with zero attached hydrogens (tertiary/aromatic N) is 11. The Kier molecular flexibility index (Phi) is 14.9. The number of nitrogens with two attached hydrogens (primary N) is 2. The maximum absolute atomic E-state index is 13.7. The number of nitrogen functional groups attached to an aromatic ring is 2. The number of fused-ring (bicyclic) bond motifs is 3. The summed E-state index contributed by atoms with van der Waals surface area (Å²) in [5.41, 5.74) is 9.81. The third kappa shape index (κ3) is 11.0. The number of methoxy groups -OCH3 is 1. The molecule has 7 unspecified atom stereocenters. The zero-order chi connectivity index (χ0) is 54.3.